The van der Waals surface area contributed by atoms with Crippen LogP contribution in [0.4, 0.5) is 0 Å². The quantitative estimate of drug-likeness (QED) is 0.543. The predicted molar refractivity (Wildman–Crippen MR) is 67.3 cm³/mol. The molecule has 3 heterocycles. The first-order chi connectivity index (χ1) is 9.24. The van der Waals surface area contributed by atoms with E-state index in [-0.39, 0.29) is 24.6 Å². The molecule has 0 saturated carbocycles. The Morgan fingerprint density at radius 2 is 2.25 bits per heavy atom. The number of rotatable bonds is 3. The summed E-state index contributed by atoms with van der Waals surface area (Å²) in [5.41, 5.74) is 2.06. The van der Waals surface area contributed by atoms with Gasteiger partial charge in [-0.25, -0.2) is 0 Å². The minimum Gasteiger partial charge on any atom is -0.543 e. The van der Waals surface area contributed by atoms with Gasteiger partial charge in [0, 0.05) is 19.3 Å². The average Bonchev–Trinajstić information content (AvgIpc) is 2.37. The van der Waals surface area contributed by atoms with E-state index in [2.05, 4.69) is 16.0 Å². The second kappa shape index (κ2) is 6.55. The van der Waals surface area contributed by atoms with Gasteiger partial charge in [0.15, 0.2) is 0 Å². The molecule has 0 aromatic carbocycles. The van der Waals surface area contributed by atoms with Crippen LogP contribution in [0.15, 0.2) is 24.4 Å². The van der Waals surface area contributed by atoms with Crippen LogP contribution in [0.1, 0.15) is 22.5 Å². The Bertz CT molecular complexity index is 529. The second-order valence-electron chi connectivity index (χ2n) is 4.90. The Morgan fingerprint density at radius 3 is 2.90 bits per heavy atom. The van der Waals surface area contributed by atoms with E-state index in [1.807, 2.05) is 6.07 Å². The fourth-order valence-corrected chi connectivity index (χ4v) is 2.46. The molecule has 0 bridgehead atoms. The molecule has 0 spiro atoms. The smallest absolute Gasteiger partial charge is 0.543 e. The number of carbonyl (C=O) groups is 1. The zero-order valence-electron chi connectivity index (χ0n) is 11.5. The molecule has 0 unspecified atom stereocenters. The standard InChI is InChI=1S/C14H16N2O3.Li/c17-14(18)13-6-10(3-4-15-13)11-2-1-5-16(7-11)12-8-19-9-12;/h2-4,6,12H,1,5,7-9H2,(H,17,18);/q;+1/p-1. The minimum atomic E-state index is -1.23. The topological polar surface area (TPSA) is 65.5 Å². The summed E-state index contributed by atoms with van der Waals surface area (Å²) in [6.07, 6.45) is 4.67. The summed E-state index contributed by atoms with van der Waals surface area (Å²) in [7, 11) is 0. The molecule has 2 aliphatic rings. The summed E-state index contributed by atoms with van der Waals surface area (Å²) >= 11 is 0. The van der Waals surface area contributed by atoms with Gasteiger partial charge in [-0.2, -0.15) is 0 Å². The zero-order chi connectivity index (χ0) is 13.2. The van der Waals surface area contributed by atoms with Crippen molar-refractivity contribution in [2.75, 3.05) is 26.3 Å². The molecule has 0 amide bonds. The van der Waals surface area contributed by atoms with Gasteiger partial charge in [-0.15, -0.1) is 0 Å². The Balaban J connectivity index is 0.00000147. The molecule has 1 fully saturated rings. The molecule has 1 aromatic heterocycles. The number of carbonyl (C=O) groups excluding carboxylic acids is 1. The van der Waals surface area contributed by atoms with Gasteiger partial charge in [0.2, 0.25) is 0 Å². The van der Waals surface area contributed by atoms with Crippen LogP contribution in [-0.2, 0) is 4.74 Å². The third-order valence-corrected chi connectivity index (χ3v) is 3.66. The third kappa shape index (κ3) is 3.13. The van der Waals surface area contributed by atoms with Crippen LogP contribution in [0.3, 0.4) is 0 Å². The van der Waals surface area contributed by atoms with Gasteiger partial charge in [-0.1, -0.05) is 6.08 Å². The monoisotopic (exact) mass is 266 g/mol. The molecular formula is C14H15LiN2O3. The summed E-state index contributed by atoms with van der Waals surface area (Å²) in [5.74, 6) is -1.23. The molecule has 6 heteroatoms. The number of carboxylic acid groups (broad SMARTS) is 1. The number of aromatic nitrogens is 1. The van der Waals surface area contributed by atoms with Crippen LogP contribution in [0.5, 0.6) is 0 Å². The molecule has 2 aliphatic heterocycles. The number of pyridine rings is 1. The first-order valence-electron chi connectivity index (χ1n) is 6.42. The molecule has 0 radical (unpaired) electrons. The van der Waals surface area contributed by atoms with Gasteiger partial charge in [0.25, 0.3) is 0 Å². The van der Waals surface area contributed by atoms with Gasteiger partial charge in [0.1, 0.15) is 0 Å². The maximum atomic E-state index is 10.8. The summed E-state index contributed by atoms with van der Waals surface area (Å²) in [5, 5.41) is 10.8. The summed E-state index contributed by atoms with van der Waals surface area (Å²) < 4.78 is 5.22. The van der Waals surface area contributed by atoms with Crippen molar-refractivity contribution in [2.24, 2.45) is 0 Å². The normalized spacial score (nSPS) is 19.7. The molecule has 1 aromatic rings. The fourth-order valence-electron chi connectivity index (χ4n) is 2.46. The van der Waals surface area contributed by atoms with Gasteiger partial charge >= 0.3 is 18.9 Å². The first kappa shape index (κ1) is 15.3. The van der Waals surface area contributed by atoms with E-state index in [9.17, 15) is 9.90 Å². The molecule has 0 aliphatic carbocycles. The van der Waals surface area contributed by atoms with Gasteiger partial charge in [-0.3, -0.25) is 9.88 Å². The number of hydrogen-bond donors (Lipinski definition) is 0. The molecular weight excluding hydrogens is 251 g/mol. The van der Waals surface area contributed by atoms with Crippen molar-refractivity contribution in [3.63, 3.8) is 0 Å². The Labute approximate surface area is 129 Å². The fraction of sp³-hybridized carbons (Fsp3) is 0.429. The number of carboxylic acids is 1. The second-order valence-corrected chi connectivity index (χ2v) is 4.90. The number of hydrogen-bond acceptors (Lipinski definition) is 5. The van der Waals surface area contributed by atoms with Crippen LogP contribution < -0.4 is 24.0 Å². The maximum absolute atomic E-state index is 10.8. The van der Waals surface area contributed by atoms with Crippen LogP contribution in [-0.4, -0.2) is 48.2 Å². The first-order valence-corrected chi connectivity index (χ1v) is 6.42. The average molecular weight is 266 g/mol. The summed E-state index contributed by atoms with van der Waals surface area (Å²) in [6, 6.07) is 3.94. The summed E-state index contributed by atoms with van der Waals surface area (Å²) in [6.45, 7) is 3.47. The van der Waals surface area contributed by atoms with Crippen LogP contribution >= 0.6 is 0 Å². The molecule has 20 heavy (non-hydrogen) atoms. The SMILES string of the molecule is O=C([O-])c1cc(C2=CCCN(C3COC3)C2)ccn1.[Li+]. The predicted octanol–water partition coefficient (Wildman–Crippen LogP) is -3.06. The minimum absolute atomic E-state index is 0. The van der Waals surface area contributed by atoms with Gasteiger partial charge < -0.3 is 14.6 Å². The molecule has 3 rings (SSSR count). The van der Waals surface area contributed by atoms with Crippen molar-refractivity contribution in [2.45, 2.75) is 12.5 Å². The van der Waals surface area contributed by atoms with Crippen LogP contribution in [0, 0.1) is 0 Å². The van der Waals surface area contributed by atoms with E-state index in [0.717, 1.165) is 43.9 Å². The number of ether oxygens (including phenoxy) is 1. The Kier molecular flexibility index (Phi) is 5.00. The molecule has 1 saturated heterocycles. The van der Waals surface area contributed by atoms with Crippen molar-refractivity contribution < 1.29 is 33.5 Å². The third-order valence-electron chi connectivity index (χ3n) is 3.66. The van der Waals surface area contributed by atoms with Crippen molar-refractivity contribution in [1.82, 2.24) is 9.88 Å². The van der Waals surface area contributed by atoms with E-state index in [1.54, 1.807) is 6.07 Å². The molecule has 100 valence electrons. The summed E-state index contributed by atoms with van der Waals surface area (Å²) in [4.78, 5) is 17.0. The van der Waals surface area contributed by atoms with E-state index < -0.39 is 5.97 Å². The number of nitrogens with zero attached hydrogens (tertiary/aromatic N) is 2. The van der Waals surface area contributed by atoms with Crippen molar-refractivity contribution in [3.05, 3.63) is 35.7 Å². The van der Waals surface area contributed by atoms with E-state index in [4.69, 9.17) is 4.74 Å². The molecule has 0 atom stereocenters. The maximum Gasteiger partial charge on any atom is 1.00 e. The van der Waals surface area contributed by atoms with E-state index >= 15 is 0 Å². The van der Waals surface area contributed by atoms with Gasteiger partial charge in [0.05, 0.1) is 30.9 Å². The van der Waals surface area contributed by atoms with Crippen LogP contribution in [0.2, 0.25) is 0 Å². The van der Waals surface area contributed by atoms with Gasteiger partial charge in [-0.05, 0) is 29.7 Å². The van der Waals surface area contributed by atoms with Crippen molar-refractivity contribution in [3.8, 4) is 0 Å². The molecule has 5 nitrogen and oxygen atoms in total. The molecule has 0 N–H and O–H groups in total. The Hall–Kier alpha value is -1.12. The van der Waals surface area contributed by atoms with Crippen molar-refractivity contribution >= 4 is 11.5 Å². The number of aromatic carboxylic acids is 1. The largest absolute Gasteiger partial charge is 1.00 e. The van der Waals surface area contributed by atoms with Crippen molar-refractivity contribution in [1.29, 1.82) is 0 Å². The van der Waals surface area contributed by atoms with Crippen LogP contribution in [0.25, 0.3) is 5.57 Å². The Morgan fingerprint density at radius 1 is 1.45 bits per heavy atom. The van der Waals surface area contributed by atoms with E-state index in [0.29, 0.717) is 6.04 Å². The zero-order valence-corrected chi connectivity index (χ0v) is 11.5. The van der Waals surface area contributed by atoms with E-state index in [1.165, 1.54) is 6.20 Å².